The van der Waals surface area contributed by atoms with Crippen LogP contribution in [0.2, 0.25) is 0 Å². The third kappa shape index (κ3) is 8.48. The predicted molar refractivity (Wildman–Crippen MR) is 110 cm³/mol. The number of hydrogen-bond donors (Lipinski definition) is 8. The number of carbonyl (C=O) groups is 3. The molecular formula is C20H30FN3O8. The monoisotopic (exact) mass is 459 g/mol. The lowest BCUT2D eigenvalue weighted by molar-refractivity contribution is -0.145. The number of benzene rings is 1. The van der Waals surface area contributed by atoms with Crippen LogP contribution in [0, 0.1) is 0 Å². The fourth-order valence-corrected chi connectivity index (χ4v) is 2.91. The first kappa shape index (κ1) is 27.4. The number of carbonyl (C=O) groups excluding carboxylic acids is 2. The summed E-state index contributed by atoms with van der Waals surface area (Å²) in [7, 11) is 0. The molecule has 1 rings (SSSR count). The van der Waals surface area contributed by atoms with Crippen LogP contribution in [0.25, 0.3) is 0 Å². The first-order valence-corrected chi connectivity index (χ1v) is 9.96. The van der Waals surface area contributed by atoms with Gasteiger partial charge < -0.3 is 41.9 Å². The van der Waals surface area contributed by atoms with E-state index in [2.05, 4.69) is 10.6 Å². The van der Waals surface area contributed by atoms with E-state index in [-0.39, 0.29) is 12.8 Å². The summed E-state index contributed by atoms with van der Waals surface area (Å²) in [4.78, 5) is 35.5. The quantitative estimate of drug-likeness (QED) is 0.154. The van der Waals surface area contributed by atoms with Crippen LogP contribution < -0.4 is 16.4 Å². The van der Waals surface area contributed by atoms with Crippen LogP contribution in [0.1, 0.15) is 30.9 Å². The second-order valence-corrected chi connectivity index (χ2v) is 7.23. The van der Waals surface area contributed by atoms with E-state index in [0.717, 1.165) is 0 Å². The number of aliphatic hydroxyl groups is 4. The first-order valence-electron chi connectivity index (χ1n) is 9.96. The number of carboxylic acids is 1. The maximum absolute atomic E-state index is 12.4. The second-order valence-electron chi connectivity index (χ2n) is 7.23. The molecule has 0 fully saturated rings. The van der Waals surface area contributed by atoms with E-state index in [4.69, 9.17) is 10.8 Å². The average molecular weight is 459 g/mol. The third-order valence-corrected chi connectivity index (χ3v) is 4.76. The highest BCUT2D eigenvalue weighted by Gasteiger charge is 2.37. The molecule has 1 aromatic rings. The number of halogens is 1. The molecule has 0 saturated carbocycles. The molecule has 0 aliphatic carbocycles. The Morgan fingerprint density at radius 3 is 2.16 bits per heavy atom. The van der Waals surface area contributed by atoms with E-state index < -0.39 is 73.9 Å². The number of amides is 2. The van der Waals surface area contributed by atoms with E-state index >= 15 is 0 Å². The normalized spacial score (nSPS) is 16.8. The molecule has 9 N–H and O–H groups in total. The van der Waals surface area contributed by atoms with Crippen LogP contribution in [0.3, 0.4) is 0 Å². The molecule has 0 bridgehead atoms. The summed E-state index contributed by atoms with van der Waals surface area (Å²) >= 11 is 0. The van der Waals surface area contributed by atoms with Crippen molar-refractivity contribution < 1.29 is 44.3 Å². The van der Waals surface area contributed by atoms with Gasteiger partial charge in [0.15, 0.2) is 6.10 Å². The minimum absolute atomic E-state index is 0.00855. The number of alkyl halides is 1. The van der Waals surface area contributed by atoms with Crippen molar-refractivity contribution in [3.63, 3.8) is 0 Å². The Morgan fingerprint density at radius 1 is 1.00 bits per heavy atom. The summed E-state index contributed by atoms with van der Waals surface area (Å²) in [6, 6.07) is 4.42. The Balaban J connectivity index is 2.81. The van der Waals surface area contributed by atoms with Crippen LogP contribution in [0.5, 0.6) is 0 Å². The minimum atomic E-state index is -2.21. The Hall–Kier alpha value is -2.64. The maximum atomic E-state index is 12.4. The van der Waals surface area contributed by atoms with Crippen molar-refractivity contribution in [3.05, 3.63) is 35.9 Å². The molecule has 11 nitrogen and oxygen atoms in total. The summed E-state index contributed by atoms with van der Waals surface area (Å²) in [6.45, 7) is -1.54. The second kappa shape index (κ2) is 13.7. The van der Waals surface area contributed by atoms with Crippen LogP contribution in [-0.4, -0.2) is 87.0 Å². The molecule has 0 radical (unpaired) electrons. The van der Waals surface area contributed by atoms with Crippen molar-refractivity contribution in [2.24, 2.45) is 5.73 Å². The summed E-state index contributed by atoms with van der Waals surface area (Å²) in [5.74, 6) is -3.22. The molecule has 2 amide bonds. The van der Waals surface area contributed by atoms with Gasteiger partial charge in [-0.3, -0.25) is 18.8 Å². The first-order chi connectivity index (χ1) is 15.1. The Labute approximate surface area is 184 Å². The zero-order chi connectivity index (χ0) is 24.3. The van der Waals surface area contributed by atoms with Gasteiger partial charge in [-0.25, -0.2) is 0 Å². The van der Waals surface area contributed by atoms with E-state index in [9.17, 15) is 39.2 Å². The number of aliphatic carboxylic acids is 1. The van der Waals surface area contributed by atoms with Crippen LogP contribution in [0.4, 0.5) is 4.39 Å². The number of hydrogen-bond acceptors (Lipinski definition) is 8. The Morgan fingerprint density at radius 2 is 1.62 bits per heavy atom. The van der Waals surface area contributed by atoms with Crippen molar-refractivity contribution in [2.75, 3.05) is 13.3 Å². The zero-order valence-corrected chi connectivity index (χ0v) is 17.3. The summed E-state index contributed by atoms with van der Waals surface area (Å²) in [5, 5.41) is 53.6. The minimum Gasteiger partial charge on any atom is -0.481 e. The van der Waals surface area contributed by atoms with Gasteiger partial charge in [-0.2, -0.15) is 0 Å². The fraction of sp³-hybridized carbons (Fsp3) is 0.550. The summed E-state index contributed by atoms with van der Waals surface area (Å²) in [5.41, 5.74) is 6.01. The summed E-state index contributed by atoms with van der Waals surface area (Å²) < 4.78 is 12.2. The van der Waals surface area contributed by atoms with Crippen molar-refractivity contribution in [1.82, 2.24) is 10.6 Å². The third-order valence-electron chi connectivity index (χ3n) is 4.76. The molecule has 0 aliphatic heterocycles. The van der Waals surface area contributed by atoms with Crippen molar-refractivity contribution >= 4 is 17.8 Å². The van der Waals surface area contributed by atoms with Crippen LogP contribution in [-0.2, 0) is 14.4 Å². The van der Waals surface area contributed by atoms with Crippen molar-refractivity contribution in [2.45, 2.75) is 55.7 Å². The standard InChI is InChI=1S/C20H30FN3O8/c21-8-4-7-12(22)19(31)24-14(10-25)16(28)17(29)18(30)20(32)23-13(9-15(26)27)11-5-2-1-3-6-11/h1-3,5-6,12-14,16-18,25,28-30H,4,7-10,22H2,(H,23,32)(H,24,31)(H,26,27). The van der Waals surface area contributed by atoms with Gasteiger partial charge in [-0.15, -0.1) is 0 Å². The van der Waals surface area contributed by atoms with E-state index in [1.807, 2.05) is 0 Å². The summed E-state index contributed by atoms with van der Waals surface area (Å²) in [6.07, 6.45) is -6.80. The van der Waals surface area contributed by atoms with Gasteiger partial charge in [-0.1, -0.05) is 30.3 Å². The highest BCUT2D eigenvalue weighted by molar-refractivity contribution is 5.83. The molecule has 12 heteroatoms. The Kier molecular flexibility index (Phi) is 11.7. The molecule has 32 heavy (non-hydrogen) atoms. The lowest BCUT2D eigenvalue weighted by Crippen LogP contribution is -2.58. The number of nitrogens with one attached hydrogen (secondary N) is 2. The number of carboxylic acid groups (broad SMARTS) is 1. The van der Waals surface area contributed by atoms with Gasteiger partial charge in [0.25, 0.3) is 5.91 Å². The fourth-order valence-electron chi connectivity index (χ4n) is 2.91. The van der Waals surface area contributed by atoms with Crippen LogP contribution in [0.15, 0.2) is 30.3 Å². The molecular weight excluding hydrogens is 429 g/mol. The van der Waals surface area contributed by atoms with E-state index in [0.29, 0.717) is 5.56 Å². The molecule has 0 saturated heterocycles. The van der Waals surface area contributed by atoms with Gasteiger partial charge >= 0.3 is 5.97 Å². The van der Waals surface area contributed by atoms with Gasteiger partial charge in [0.1, 0.15) is 12.2 Å². The molecule has 0 spiro atoms. The zero-order valence-electron chi connectivity index (χ0n) is 17.3. The molecule has 0 aromatic heterocycles. The lowest BCUT2D eigenvalue weighted by Gasteiger charge is -2.30. The lowest BCUT2D eigenvalue weighted by atomic mass is 9.98. The smallest absolute Gasteiger partial charge is 0.305 e. The number of nitrogens with two attached hydrogens (primary N) is 1. The van der Waals surface area contributed by atoms with Gasteiger partial charge in [0.2, 0.25) is 5.91 Å². The predicted octanol–water partition coefficient (Wildman–Crippen LogP) is -2.04. The van der Waals surface area contributed by atoms with Gasteiger partial charge in [0.05, 0.1) is 37.8 Å². The number of aliphatic hydroxyl groups excluding tert-OH is 4. The molecule has 0 heterocycles. The SMILES string of the molecule is NC(CCCF)C(=O)NC(CO)C(O)C(O)C(O)C(=O)NC(CC(=O)O)c1ccccc1. The van der Waals surface area contributed by atoms with E-state index in [1.54, 1.807) is 30.3 Å². The molecule has 6 atom stereocenters. The average Bonchev–Trinajstić information content (AvgIpc) is 2.78. The largest absolute Gasteiger partial charge is 0.481 e. The molecule has 0 aliphatic rings. The number of rotatable bonds is 14. The van der Waals surface area contributed by atoms with Crippen LogP contribution >= 0.6 is 0 Å². The van der Waals surface area contributed by atoms with Crippen molar-refractivity contribution in [3.8, 4) is 0 Å². The topological polar surface area (TPSA) is 202 Å². The Bertz CT molecular complexity index is 739. The maximum Gasteiger partial charge on any atom is 0.305 e. The van der Waals surface area contributed by atoms with Gasteiger partial charge in [-0.05, 0) is 18.4 Å². The molecule has 1 aromatic carbocycles. The molecule has 180 valence electrons. The highest BCUT2D eigenvalue weighted by Crippen LogP contribution is 2.17. The highest BCUT2D eigenvalue weighted by atomic mass is 19.1. The van der Waals surface area contributed by atoms with Crippen molar-refractivity contribution in [1.29, 1.82) is 0 Å². The van der Waals surface area contributed by atoms with Gasteiger partial charge in [0, 0.05) is 0 Å². The molecule has 6 unspecified atom stereocenters. The van der Waals surface area contributed by atoms with E-state index in [1.165, 1.54) is 0 Å².